The number of aliphatic hydroxyl groups is 1. The van der Waals surface area contributed by atoms with Crippen LogP contribution in [0, 0.1) is 5.82 Å². The number of aliphatic hydroxyl groups excluding tert-OH is 1. The molecule has 0 aliphatic carbocycles. The molecule has 100 valence electrons. The molecule has 1 unspecified atom stereocenters. The van der Waals surface area contributed by atoms with Crippen LogP contribution in [-0.4, -0.2) is 32.4 Å². The van der Waals surface area contributed by atoms with Crippen LogP contribution in [0.5, 0.6) is 11.5 Å². The summed E-state index contributed by atoms with van der Waals surface area (Å²) in [4.78, 5) is 11.3. The van der Waals surface area contributed by atoms with Gasteiger partial charge in [0.15, 0.2) is 17.6 Å². The summed E-state index contributed by atoms with van der Waals surface area (Å²) in [5, 5.41) is 9.34. The van der Waals surface area contributed by atoms with E-state index in [9.17, 15) is 14.3 Å². The van der Waals surface area contributed by atoms with Crippen LogP contribution < -0.4 is 9.47 Å². The molecule has 1 rings (SSSR count). The highest BCUT2D eigenvalue weighted by molar-refractivity contribution is 6.32. The van der Waals surface area contributed by atoms with E-state index in [2.05, 4.69) is 4.74 Å². The fourth-order valence-electron chi connectivity index (χ4n) is 1.44. The van der Waals surface area contributed by atoms with Crippen molar-refractivity contribution in [2.24, 2.45) is 0 Å². The van der Waals surface area contributed by atoms with E-state index in [1.807, 2.05) is 0 Å². The van der Waals surface area contributed by atoms with Crippen LogP contribution >= 0.6 is 11.6 Å². The second-order valence-electron chi connectivity index (χ2n) is 3.25. The zero-order valence-electron chi connectivity index (χ0n) is 9.99. The molecule has 1 aromatic rings. The first-order valence-corrected chi connectivity index (χ1v) is 5.21. The zero-order valence-corrected chi connectivity index (χ0v) is 10.7. The summed E-state index contributed by atoms with van der Waals surface area (Å²) in [5.74, 6) is -1.84. The number of carbonyl (C=O) groups excluding carboxylic acids is 1. The Hall–Kier alpha value is -1.53. The summed E-state index contributed by atoms with van der Waals surface area (Å²) in [6, 6.07) is 0.995. The van der Waals surface area contributed by atoms with Crippen LogP contribution in [0.15, 0.2) is 6.07 Å². The minimum absolute atomic E-state index is 0.0114. The van der Waals surface area contributed by atoms with Crippen LogP contribution in [0.25, 0.3) is 0 Å². The number of rotatable bonds is 4. The number of benzene rings is 1. The van der Waals surface area contributed by atoms with E-state index in [-0.39, 0.29) is 17.1 Å². The fourth-order valence-corrected chi connectivity index (χ4v) is 1.68. The van der Waals surface area contributed by atoms with E-state index in [1.165, 1.54) is 14.2 Å². The Bertz CT molecular complexity index is 463. The lowest BCUT2D eigenvalue weighted by Crippen LogP contribution is -2.16. The number of ether oxygens (including phenoxy) is 3. The van der Waals surface area contributed by atoms with Crippen molar-refractivity contribution in [2.45, 2.75) is 6.10 Å². The van der Waals surface area contributed by atoms with Crippen LogP contribution in [0.3, 0.4) is 0 Å². The predicted molar refractivity (Wildman–Crippen MR) is 61.5 cm³/mol. The Labute approximate surface area is 108 Å². The van der Waals surface area contributed by atoms with Gasteiger partial charge in [-0.3, -0.25) is 0 Å². The van der Waals surface area contributed by atoms with Crippen molar-refractivity contribution < 1.29 is 28.5 Å². The smallest absolute Gasteiger partial charge is 0.339 e. The van der Waals surface area contributed by atoms with E-state index in [4.69, 9.17) is 21.1 Å². The summed E-state index contributed by atoms with van der Waals surface area (Å²) in [7, 11) is 3.65. The molecular weight excluding hydrogens is 267 g/mol. The molecule has 0 saturated carbocycles. The number of carbonyl (C=O) groups is 1. The van der Waals surface area contributed by atoms with E-state index >= 15 is 0 Å². The molecule has 0 saturated heterocycles. The summed E-state index contributed by atoms with van der Waals surface area (Å²) < 4.78 is 27.8. The lowest BCUT2D eigenvalue weighted by atomic mass is 10.1. The second-order valence-corrected chi connectivity index (χ2v) is 3.63. The van der Waals surface area contributed by atoms with E-state index in [1.54, 1.807) is 0 Å². The lowest BCUT2D eigenvalue weighted by molar-refractivity contribution is -0.150. The van der Waals surface area contributed by atoms with Crippen molar-refractivity contribution in [1.82, 2.24) is 0 Å². The van der Waals surface area contributed by atoms with Gasteiger partial charge >= 0.3 is 5.97 Å². The largest absolute Gasteiger partial charge is 0.493 e. The predicted octanol–water partition coefficient (Wildman–Crippen LogP) is 1.70. The Morgan fingerprint density at radius 3 is 2.44 bits per heavy atom. The number of esters is 1. The van der Waals surface area contributed by atoms with Crippen LogP contribution in [0.1, 0.15) is 11.7 Å². The zero-order chi connectivity index (χ0) is 13.9. The summed E-state index contributed by atoms with van der Waals surface area (Å²) >= 11 is 5.72. The lowest BCUT2D eigenvalue weighted by Gasteiger charge is -2.17. The van der Waals surface area contributed by atoms with Gasteiger partial charge in [0.2, 0.25) is 0 Å². The quantitative estimate of drug-likeness (QED) is 0.849. The van der Waals surface area contributed by atoms with Gasteiger partial charge in [-0.2, -0.15) is 0 Å². The Morgan fingerprint density at radius 1 is 1.39 bits per heavy atom. The van der Waals surface area contributed by atoms with Gasteiger partial charge < -0.3 is 19.3 Å². The number of hydrogen-bond acceptors (Lipinski definition) is 5. The highest BCUT2D eigenvalue weighted by Gasteiger charge is 2.29. The molecule has 0 amide bonds. The standard InChI is InChI=1S/C11H12ClFO5/c1-16-6-4-5(13)8(12)7(10(6)17-2)9(14)11(15)18-3/h4,9,14H,1-3H3. The first kappa shape index (κ1) is 14.5. The number of methoxy groups -OCH3 is 3. The first-order chi connectivity index (χ1) is 8.47. The van der Waals surface area contributed by atoms with E-state index in [0.29, 0.717) is 0 Å². The number of halogens is 2. The van der Waals surface area contributed by atoms with Crippen molar-refractivity contribution in [3.63, 3.8) is 0 Å². The Balaban J connectivity index is 3.48. The summed E-state index contributed by atoms with van der Waals surface area (Å²) in [5.41, 5.74) is -0.233. The first-order valence-electron chi connectivity index (χ1n) is 4.83. The fraction of sp³-hybridized carbons (Fsp3) is 0.364. The molecular formula is C11H12ClFO5. The number of hydrogen-bond donors (Lipinski definition) is 1. The van der Waals surface area contributed by atoms with Crippen molar-refractivity contribution in [3.8, 4) is 11.5 Å². The van der Waals surface area contributed by atoms with Gasteiger partial charge in [-0.25, -0.2) is 9.18 Å². The minimum atomic E-state index is -1.76. The molecule has 1 atom stereocenters. The molecule has 18 heavy (non-hydrogen) atoms. The summed E-state index contributed by atoms with van der Waals surface area (Å²) in [6.45, 7) is 0. The average Bonchev–Trinajstić information content (AvgIpc) is 2.39. The topological polar surface area (TPSA) is 65.0 Å². The van der Waals surface area contributed by atoms with Crippen molar-refractivity contribution in [1.29, 1.82) is 0 Å². The molecule has 0 aromatic heterocycles. The third-order valence-corrected chi connectivity index (χ3v) is 2.68. The molecule has 5 nitrogen and oxygen atoms in total. The molecule has 0 fully saturated rings. The summed E-state index contributed by atoms with van der Waals surface area (Å²) in [6.07, 6.45) is -1.76. The third kappa shape index (κ3) is 2.49. The van der Waals surface area contributed by atoms with Crippen molar-refractivity contribution in [2.75, 3.05) is 21.3 Å². The maximum Gasteiger partial charge on any atom is 0.339 e. The molecule has 0 aliphatic heterocycles. The minimum Gasteiger partial charge on any atom is -0.493 e. The van der Waals surface area contributed by atoms with Gasteiger partial charge in [0.05, 0.1) is 31.9 Å². The monoisotopic (exact) mass is 278 g/mol. The highest BCUT2D eigenvalue weighted by Crippen LogP contribution is 2.41. The van der Waals surface area contributed by atoms with Crippen LogP contribution in [0.4, 0.5) is 4.39 Å². The van der Waals surface area contributed by atoms with E-state index in [0.717, 1.165) is 13.2 Å². The van der Waals surface area contributed by atoms with Gasteiger partial charge in [0, 0.05) is 6.07 Å². The van der Waals surface area contributed by atoms with Crippen LogP contribution in [-0.2, 0) is 9.53 Å². The maximum absolute atomic E-state index is 13.5. The van der Waals surface area contributed by atoms with E-state index < -0.39 is 22.9 Å². The molecule has 0 heterocycles. The third-order valence-electron chi connectivity index (χ3n) is 2.29. The van der Waals surface area contributed by atoms with Gasteiger partial charge in [-0.1, -0.05) is 11.6 Å². The highest BCUT2D eigenvalue weighted by atomic mass is 35.5. The van der Waals surface area contributed by atoms with Gasteiger partial charge in [-0.15, -0.1) is 0 Å². The van der Waals surface area contributed by atoms with Gasteiger partial charge in [0.1, 0.15) is 5.82 Å². The second kappa shape index (κ2) is 5.88. The Kier molecular flexibility index (Phi) is 4.75. The molecule has 0 radical (unpaired) electrons. The SMILES string of the molecule is COC(=O)C(O)c1c(Cl)c(F)cc(OC)c1OC. The van der Waals surface area contributed by atoms with Crippen molar-refractivity contribution in [3.05, 3.63) is 22.5 Å². The van der Waals surface area contributed by atoms with Gasteiger partial charge in [-0.05, 0) is 0 Å². The average molecular weight is 279 g/mol. The molecule has 0 bridgehead atoms. The van der Waals surface area contributed by atoms with Crippen molar-refractivity contribution >= 4 is 17.6 Å². The van der Waals surface area contributed by atoms with Gasteiger partial charge in [0.25, 0.3) is 0 Å². The molecule has 0 aliphatic rings. The molecule has 0 spiro atoms. The van der Waals surface area contributed by atoms with Crippen LogP contribution in [0.2, 0.25) is 5.02 Å². The molecule has 1 N–H and O–H groups in total. The molecule has 1 aromatic carbocycles. The maximum atomic E-state index is 13.5. The normalized spacial score (nSPS) is 11.9. The Morgan fingerprint density at radius 2 is 2.00 bits per heavy atom. The molecule has 7 heteroatoms.